The number of carbonyl (C=O) groups is 1. The molecule has 2 aliphatic rings. The molecule has 1 saturated heterocycles. The molecule has 0 aliphatic carbocycles. The third-order valence-corrected chi connectivity index (χ3v) is 7.25. The van der Waals surface area contributed by atoms with Crippen molar-refractivity contribution in [3.63, 3.8) is 0 Å². The zero-order valence-electron chi connectivity index (χ0n) is 20.5. The highest BCUT2D eigenvalue weighted by Gasteiger charge is 2.36. The molecule has 36 heavy (non-hydrogen) atoms. The maximum atomic E-state index is 13.6. The molecular weight excluding hydrogens is 472 g/mol. The first-order valence-corrected chi connectivity index (χ1v) is 12.8. The van der Waals surface area contributed by atoms with Crippen LogP contribution >= 0.6 is 11.6 Å². The summed E-state index contributed by atoms with van der Waals surface area (Å²) < 4.78 is 5.63. The molecule has 0 aromatic heterocycles. The number of carbonyl (C=O) groups excluding carboxylic acids is 1. The second-order valence-electron chi connectivity index (χ2n) is 9.26. The molecular formula is C29H31ClN4O2. The molecule has 1 unspecified atom stereocenters. The van der Waals surface area contributed by atoms with Gasteiger partial charge < -0.3 is 4.74 Å². The zero-order valence-corrected chi connectivity index (χ0v) is 21.3. The van der Waals surface area contributed by atoms with E-state index in [2.05, 4.69) is 34.1 Å². The normalized spacial score (nSPS) is 18.8. The fraction of sp³-hybridized carbons (Fsp3) is 0.310. The minimum atomic E-state index is -0.237. The minimum Gasteiger partial charge on any atom is -0.496 e. The van der Waals surface area contributed by atoms with Gasteiger partial charge in [0.15, 0.2) is 0 Å². The average molecular weight is 503 g/mol. The predicted molar refractivity (Wildman–Crippen MR) is 143 cm³/mol. The van der Waals surface area contributed by atoms with Gasteiger partial charge in [-0.2, -0.15) is 5.10 Å². The van der Waals surface area contributed by atoms with E-state index in [1.54, 1.807) is 12.1 Å². The van der Waals surface area contributed by atoms with Crippen LogP contribution in [-0.2, 0) is 11.3 Å². The summed E-state index contributed by atoms with van der Waals surface area (Å²) in [4.78, 5) is 18.3. The van der Waals surface area contributed by atoms with Gasteiger partial charge in [0.25, 0.3) is 5.91 Å². The number of rotatable bonds is 7. The standard InChI is InChI=1S/C29H31ClN4O2/c1-36-28-14-8-6-12-24(28)27-19-26(23-11-5-7-13-25(23)30)31-34(27)29(35)21-33-17-15-32(16-18-33)20-22-9-3-2-4-10-22/h2-14,27H,15-21H2,1H3. The number of hydrogen-bond acceptors (Lipinski definition) is 5. The van der Waals surface area contributed by atoms with E-state index in [4.69, 9.17) is 21.4 Å². The summed E-state index contributed by atoms with van der Waals surface area (Å²) in [6.45, 7) is 4.86. The molecule has 0 saturated carbocycles. The van der Waals surface area contributed by atoms with Gasteiger partial charge in [-0.25, -0.2) is 5.01 Å². The number of piperazine rings is 1. The Bertz CT molecular complexity index is 1220. The molecule has 0 N–H and O–H groups in total. The van der Waals surface area contributed by atoms with Gasteiger partial charge in [0.1, 0.15) is 5.75 Å². The molecule has 2 aliphatic heterocycles. The third-order valence-electron chi connectivity index (χ3n) is 6.92. The number of amides is 1. The Morgan fingerprint density at radius 1 is 0.917 bits per heavy atom. The van der Waals surface area contributed by atoms with Crippen molar-refractivity contribution in [2.45, 2.75) is 19.0 Å². The van der Waals surface area contributed by atoms with Crippen molar-refractivity contribution in [1.29, 1.82) is 0 Å². The smallest absolute Gasteiger partial charge is 0.257 e. The maximum absolute atomic E-state index is 13.6. The van der Waals surface area contributed by atoms with E-state index in [0.29, 0.717) is 18.0 Å². The van der Waals surface area contributed by atoms with E-state index in [9.17, 15) is 4.79 Å². The van der Waals surface area contributed by atoms with Crippen LogP contribution in [0.3, 0.4) is 0 Å². The van der Waals surface area contributed by atoms with Gasteiger partial charge in [-0.05, 0) is 17.7 Å². The van der Waals surface area contributed by atoms with E-state index < -0.39 is 0 Å². The van der Waals surface area contributed by atoms with Crippen LogP contribution in [0.1, 0.15) is 29.2 Å². The van der Waals surface area contributed by atoms with Crippen LogP contribution in [0.2, 0.25) is 5.02 Å². The van der Waals surface area contributed by atoms with Crippen molar-refractivity contribution in [3.8, 4) is 5.75 Å². The van der Waals surface area contributed by atoms with Gasteiger partial charge in [0.05, 0.1) is 25.4 Å². The number of hydrogen-bond donors (Lipinski definition) is 0. The molecule has 0 bridgehead atoms. The van der Waals surface area contributed by atoms with Gasteiger partial charge in [-0.3, -0.25) is 14.6 Å². The molecule has 1 atom stereocenters. The molecule has 186 valence electrons. The number of nitrogens with zero attached hydrogens (tertiary/aromatic N) is 4. The van der Waals surface area contributed by atoms with Crippen LogP contribution in [0.4, 0.5) is 0 Å². The summed E-state index contributed by atoms with van der Waals surface area (Å²) in [5.41, 5.74) is 3.95. The summed E-state index contributed by atoms with van der Waals surface area (Å²) in [6.07, 6.45) is 0.584. The fourth-order valence-corrected chi connectivity index (χ4v) is 5.24. The van der Waals surface area contributed by atoms with E-state index in [1.165, 1.54) is 5.56 Å². The van der Waals surface area contributed by atoms with Crippen molar-refractivity contribution in [3.05, 3.63) is 101 Å². The van der Waals surface area contributed by atoms with Crippen molar-refractivity contribution in [2.24, 2.45) is 5.10 Å². The SMILES string of the molecule is COc1ccccc1C1CC(c2ccccc2Cl)=NN1C(=O)CN1CCN(Cc2ccccc2)CC1. The molecule has 0 spiro atoms. The molecule has 5 rings (SSSR count). The Kier molecular flexibility index (Phi) is 7.66. The Morgan fingerprint density at radius 2 is 1.58 bits per heavy atom. The highest BCUT2D eigenvalue weighted by atomic mass is 35.5. The molecule has 3 aromatic carbocycles. The summed E-state index contributed by atoms with van der Waals surface area (Å²) in [6, 6.07) is 25.8. The third kappa shape index (κ3) is 5.46. The lowest BCUT2D eigenvalue weighted by molar-refractivity contribution is -0.134. The Labute approximate surface area is 217 Å². The summed E-state index contributed by atoms with van der Waals surface area (Å²) in [5.74, 6) is 0.745. The molecule has 1 fully saturated rings. The first kappa shape index (κ1) is 24.5. The van der Waals surface area contributed by atoms with Crippen LogP contribution in [0.25, 0.3) is 0 Å². The van der Waals surface area contributed by atoms with Crippen LogP contribution < -0.4 is 4.74 Å². The maximum Gasteiger partial charge on any atom is 0.257 e. The number of hydrazone groups is 1. The Balaban J connectivity index is 1.30. The monoisotopic (exact) mass is 502 g/mol. The van der Waals surface area contributed by atoms with Gasteiger partial charge in [0.2, 0.25) is 0 Å². The van der Waals surface area contributed by atoms with Crippen molar-refractivity contribution >= 4 is 23.2 Å². The zero-order chi connectivity index (χ0) is 24.9. The van der Waals surface area contributed by atoms with Gasteiger partial charge in [0, 0.05) is 55.3 Å². The number of methoxy groups -OCH3 is 1. The number of halogens is 1. The average Bonchev–Trinajstić information content (AvgIpc) is 3.36. The topological polar surface area (TPSA) is 48.4 Å². The quantitative estimate of drug-likeness (QED) is 0.463. The number of ether oxygens (including phenoxy) is 1. The number of para-hydroxylation sites is 1. The first-order chi connectivity index (χ1) is 17.6. The Morgan fingerprint density at radius 3 is 2.33 bits per heavy atom. The van der Waals surface area contributed by atoms with Crippen LogP contribution in [0.15, 0.2) is 84.0 Å². The lowest BCUT2D eigenvalue weighted by atomic mass is 9.97. The van der Waals surface area contributed by atoms with Gasteiger partial charge in [-0.15, -0.1) is 0 Å². The van der Waals surface area contributed by atoms with Crippen molar-refractivity contribution < 1.29 is 9.53 Å². The second kappa shape index (κ2) is 11.2. The summed E-state index contributed by atoms with van der Waals surface area (Å²) in [5, 5.41) is 7.10. The molecule has 3 aromatic rings. The van der Waals surface area contributed by atoms with Crippen molar-refractivity contribution in [2.75, 3.05) is 39.8 Å². The highest BCUT2D eigenvalue weighted by molar-refractivity contribution is 6.34. The van der Waals surface area contributed by atoms with Crippen LogP contribution in [0, 0.1) is 0 Å². The van der Waals surface area contributed by atoms with E-state index in [-0.39, 0.29) is 11.9 Å². The molecule has 2 heterocycles. The van der Waals surface area contributed by atoms with E-state index in [0.717, 1.165) is 55.3 Å². The predicted octanol–water partition coefficient (Wildman–Crippen LogP) is 4.84. The fourth-order valence-electron chi connectivity index (χ4n) is 4.99. The largest absolute Gasteiger partial charge is 0.496 e. The van der Waals surface area contributed by atoms with Crippen LogP contribution in [-0.4, -0.2) is 66.3 Å². The van der Waals surface area contributed by atoms with Crippen molar-refractivity contribution in [1.82, 2.24) is 14.8 Å². The second-order valence-corrected chi connectivity index (χ2v) is 9.67. The molecule has 6 nitrogen and oxygen atoms in total. The lowest BCUT2D eigenvalue weighted by Gasteiger charge is -2.35. The number of benzene rings is 3. The van der Waals surface area contributed by atoms with E-state index >= 15 is 0 Å². The molecule has 1 amide bonds. The molecule has 0 radical (unpaired) electrons. The van der Waals surface area contributed by atoms with Crippen LogP contribution in [0.5, 0.6) is 5.75 Å². The van der Waals surface area contributed by atoms with E-state index in [1.807, 2.05) is 54.6 Å². The molecule has 7 heteroatoms. The summed E-state index contributed by atoms with van der Waals surface area (Å²) >= 11 is 6.49. The van der Waals surface area contributed by atoms with Gasteiger partial charge in [-0.1, -0.05) is 78.3 Å². The first-order valence-electron chi connectivity index (χ1n) is 12.4. The lowest BCUT2D eigenvalue weighted by Crippen LogP contribution is -2.49. The minimum absolute atomic E-state index is 0.00975. The summed E-state index contributed by atoms with van der Waals surface area (Å²) in [7, 11) is 1.66. The highest BCUT2D eigenvalue weighted by Crippen LogP contribution is 2.38. The Hall–Kier alpha value is -3.19. The van der Waals surface area contributed by atoms with Gasteiger partial charge >= 0.3 is 0 Å².